The monoisotopic (exact) mass is 378 g/mol. The molecule has 0 saturated heterocycles. The summed E-state index contributed by atoms with van der Waals surface area (Å²) >= 11 is 0. The molecule has 0 spiro atoms. The van der Waals surface area contributed by atoms with Gasteiger partial charge in [-0.25, -0.2) is 0 Å². The van der Waals surface area contributed by atoms with Gasteiger partial charge in [-0.1, -0.05) is 25.1 Å². The molecule has 1 amide bonds. The number of aliphatic hydroxyl groups is 1. The topological polar surface area (TPSA) is 71.0 Å². The van der Waals surface area contributed by atoms with E-state index in [2.05, 4.69) is 5.32 Å². The number of aliphatic hydroxyl groups excluding tert-OH is 1. The number of carbonyl (C=O) groups excluding carboxylic acids is 1. The normalized spacial score (nSPS) is 13.0. The van der Waals surface area contributed by atoms with Crippen molar-refractivity contribution in [2.75, 3.05) is 33.4 Å². The van der Waals surface area contributed by atoms with Crippen LogP contribution in [0.5, 0.6) is 11.5 Å². The smallest absolute Gasteiger partial charge is 0.234 e. The Labute approximate surface area is 163 Å². The van der Waals surface area contributed by atoms with Crippen LogP contribution in [0.1, 0.15) is 40.2 Å². The lowest BCUT2D eigenvalue weighted by Gasteiger charge is -2.26. The van der Waals surface area contributed by atoms with Crippen LogP contribution in [-0.2, 0) is 4.79 Å². The lowest BCUT2D eigenvalue weighted by Crippen LogP contribution is -2.47. The minimum Gasteiger partial charge on any atom is -0.493 e. The largest absolute Gasteiger partial charge is 0.493 e. The summed E-state index contributed by atoms with van der Waals surface area (Å²) < 4.78 is 11.1. The van der Waals surface area contributed by atoms with Gasteiger partial charge in [0.25, 0.3) is 0 Å². The van der Waals surface area contributed by atoms with Crippen LogP contribution in [0.3, 0.4) is 0 Å². The molecule has 6 heteroatoms. The highest BCUT2D eigenvalue weighted by atomic mass is 16.5. The molecule has 1 aromatic rings. The number of hydrogen-bond donors (Lipinski definition) is 2. The third-order valence-electron chi connectivity index (χ3n) is 3.78. The first kappa shape index (κ1) is 23.0. The number of carbonyl (C=O) groups is 1. The van der Waals surface area contributed by atoms with Crippen LogP contribution < -0.4 is 14.8 Å². The summed E-state index contributed by atoms with van der Waals surface area (Å²) in [5, 5.41) is 13.2. The van der Waals surface area contributed by atoms with Gasteiger partial charge >= 0.3 is 0 Å². The molecule has 27 heavy (non-hydrogen) atoms. The number of rotatable bonds is 10. The molecule has 1 unspecified atom stereocenters. The van der Waals surface area contributed by atoms with Crippen LogP contribution in [0.25, 0.3) is 6.08 Å². The van der Waals surface area contributed by atoms with Crippen molar-refractivity contribution in [2.24, 2.45) is 0 Å². The third-order valence-corrected chi connectivity index (χ3v) is 3.78. The van der Waals surface area contributed by atoms with E-state index < -0.39 is 6.10 Å². The Morgan fingerprint density at radius 1 is 1.33 bits per heavy atom. The summed E-state index contributed by atoms with van der Waals surface area (Å²) in [6.07, 6.45) is 3.21. The average molecular weight is 379 g/mol. The summed E-state index contributed by atoms with van der Waals surface area (Å²) in [5.74, 6) is 1.15. The van der Waals surface area contributed by atoms with Gasteiger partial charge in [0.2, 0.25) is 5.91 Å². The third kappa shape index (κ3) is 8.93. The quantitative estimate of drug-likeness (QED) is 0.655. The first-order valence-corrected chi connectivity index (χ1v) is 9.33. The molecule has 0 aliphatic heterocycles. The van der Waals surface area contributed by atoms with Crippen LogP contribution in [0.15, 0.2) is 24.3 Å². The molecule has 1 atom stereocenters. The van der Waals surface area contributed by atoms with Gasteiger partial charge in [-0.15, -0.1) is 0 Å². The predicted octanol–water partition coefficient (Wildman–Crippen LogP) is 2.70. The van der Waals surface area contributed by atoms with E-state index in [0.29, 0.717) is 24.6 Å². The second-order valence-corrected chi connectivity index (χ2v) is 7.50. The van der Waals surface area contributed by atoms with Crippen molar-refractivity contribution in [3.05, 3.63) is 29.8 Å². The summed E-state index contributed by atoms with van der Waals surface area (Å²) in [5.41, 5.74) is 0.748. The highest BCUT2D eigenvalue weighted by molar-refractivity contribution is 5.78. The Hall–Kier alpha value is -2.05. The van der Waals surface area contributed by atoms with E-state index in [1.165, 1.54) is 0 Å². The molecular weight excluding hydrogens is 344 g/mol. The van der Waals surface area contributed by atoms with E-state index in [1.807, 2.05) is 69.9 Å². The van der Waals surface area contributed by atoms with Crippen molar-refractivity contribution in [3.8, 4) is 11.5 Å². The van der Waals surface area contributed by atoms with Crippen LogP contribution in [0.2, 0.25) is 0 Å². The SMILES string of the molecule is C/C=C/c1ccc(OCC(O)CN(CC)CC(=O)NC(C)(C)C)c(OC)c1. The fourth-order valence-corrected chi connectivity index (χ4v) is 2.60. The van der Waals surface area contributed by atoms with Gasteiger partial charge in [0.05, 0.1) is 13.7 Å². The number of nitrogens with one attached hydrogen (secondary N) is 1. The van der Waals surface area contributed by atoms with E-state index in [9.17, 15) is 9.90 Å². The van der Waals surface area contributed by atoms with Gasteiger partial charge < -0.3 is 19.9 Å². The number of benzene rings is 1. The molecule has 1 aromatic carbocycles. The number of hydrogen-bond acceptors (Lipinski definition) is 5. The highest BCUT2D eigenvalue weighted by Crippen LogP contribution is 2.28. The molecule has 2 N–H and O–H groups in total. The van der Waals surface area contributed by atoms with Gasteiger partial charge in [0, 0.05) is 12.1 Å². The standard InChI is InChI=1S/C21H34N2O4/c1-7-9-16-10-11-18(19(12-16)26-6)27-15-17(24)13-23(8-2)14-20(25)22-21(3,4)5/h7,9-12,17,24H,8,13-15H2,1-6H3,(H,22,25)/b9-7+. The van der Waals surface area contributed by atoms with Crippen molar-refractivity contribution in [1.82, 2.24) is 10.2 Å². The van der Waals surface area contributed by atoms with E-state index >= 15 is 0 Å². The Balaban J connectivity index is 2.58. The van der Waals surface area contributed by atoms with Crippen molar-refractivity contribution in [2.45, 2.75) is 46.3 Å². The molecule has 0 radical (unpaired) electrons. The molecular formula is C21H34N2O4. The average Bonchev–Trinajstić information content (AvgIpc) is 2.58. The Kier molecular flexibility index (Phi) is 9.32. The minimum atomic E-state index is -0.715. The number of allylic oxidation sites excluding steroid dienone is 1. The zero-order valence-corrected chi connectivity index (χ0v) is 17.4. The maximum Gasteiger partial charge on any atom is 0.234 e. The molecule has 0 aliphatic rings. The van der Waals surface area contributed by atoms with Crippen LogP contribution in [0.4, 0.5) is 0 Å². The summed E-state index contributed by atoms with van der Waals surface area (Å²) in [6, 6.07) is 5.64. The summed E-state index contributed by atoms with van der Waals surface area (Å²) in [4.78, 5) is 14.0. The second kappa shape index (κ2) is 10.9. The van der Waals surface area contributed by atoms with E-state index in [4.69, 9.17) is 9.47 Å². The summed E-state index contributed by atoms with van der Waals surface area (Å²) in [6.45, 7) is 11.1. The minimum absolute atomic E-state index is 0.0568. The van der Waals surface area contributed by atoms with Gasteiger partial charge in [-0.2, -0.15) is 0 Å². The highest BCUT2D eigenvalue weighted by Gasteiger charge is 2.18. The van der Waals surface area contributed by atoms with Crippen LogP contribution in [-0.4, -0.2) is 60.9 Å². The fourth-order valence-electron chi connectivity index (χ4n) is 2.60. The molecule has 152 valence electrons. The predicted molar refractivity (Wildman–Crippen MR) is 109 cm³/mol. The number of likely N-dealkylation sites (N-methyl/N-ethyl adjacent to an activating group) is 1. The second-order valence-electron chi connectivity index (χ2n) is 7.50. The first-order valence-electron chi connectivity index (χ1n) is 9.33. The van der Waals surface area contributed by atoms with Crippen LogP contribution >= 0.6 is 0 Å². The fraction of sp³-hybridized carbons (Fsp3) is 0.571. The van der Waals surface area contributed by atoms with Crippen molar-refractivity contribution in [1.29, 1.82) is 0 Å². The lowest BCUT2D eigenvalue weighted by atomic mass is 10.1. The van der Waals surface area contributed by atoms with Gasteiger partial charge in [-0.05, 0) is 51.9 Å². The zero-order chi connectivity index (χ0) is 20.4. The first-order chi connectivity index (χ1) is 12.7. The number of ether oxygens (including phenoxy) is 2. The number of amides is 1. The lowest BCUT2D eigenvalue weighted by molar-refractivity contribution is -0.124. The summed E-state index contributed by atoms with van der Waals surface area (Å²) in [7, 11) is 1.59. The van der Waals surface area contributed by atoms with Crippen molar-refractivity contribution >= 4 is 12.0 Å². The molecule has 0 aliphatic carbocycles. The molecule has 0 fully saturated rings. The number of methoxy groups -OCH3 is 1. The molecule has 6 nitrogen and oxygen atoms in total. The van der Waals surface area contributed by atoms with E-state index in [0.717, 1.165) is 5.56 Å². The molecule has 1 rings (SSSR count). The van der Waals surface area contributed by atoms with Gasteiger partial charge in [-0.3, -0.25) is 9.69 Å². The molecule has 0 bridgehead atoms. The van der Waals surface area contributed by atoms with Crippen molar-refractivity contribution < 1.29 is 19.4 Å². The zero-order valence-electron chi connectivity index (χ0n) is 17.4. The van der Waals surface area contributed by atoms with E-state index in [-0.39, 0.29) is 24.6 Å². The number of nitrogens with zero attached hydrogens (tertiary/aromatic N) is 1. The molecule has 0 heterocycles. The Bertz CT molecular complexity index is 623. The van der Waals surface area contributed by atoms with Crippen molar-refractivity contribution in [3.63, 3.8) is 0 Å². The van der Waals surface area contributed by atoms with Gasteiger partial charge in [0.15, 0.2) is 11.5 Å². The molecule has 0 aromatic heterocycles. The Morgan fingerprint density at radius 2 is 2.04 bits per heavy atom. The van der Waals surface area contributed by atoms with Gasteiger partial charge in [0.1, 0.15) is 12.7 Å². The van der Waals surface area contributed by atoms with Crippen LogP contribution in [0, 0.1) is 0 Å². The maximum absolute atomic E-state index is 12.1. The Morgan fingerprint density at radius 3 is 2.59 bits per heavy atom. The maximum atomic E-state index is 12.1. The van der Waals surface area contributed by atoms with E-state index in [1.54, 1.807) is 7.11 Å². The molecule has 0 saturated carbocycles.